The fourth-order valence-electron chi connectivity index (χ4n) is 2.91. The number of halogens is 3. The van der Waals surface area contributed by atoms with Gasteiger partial charge in [-0.15, -0.1) is 0 Å². The molecule has 0 aromatic heterocycles. The van der Waals surface area contributed by atoms with E-state index in [9.17, 15) is 0 Å². The van der Waals surface area contributed by atoms with Gasteiger partial charge in [0, 0.05) is 16.6 Å². The molecule has 0 spiro atoms. The first-order chi connectivity index (χ1) is 14.0. The maximum atomic E-state index is 6.04. The third-order valence-corrected chi connectivity index (χ3v) is 5.47. The summed E-state index contributed by atoms with van der Waals surface area (Å²) in [5.41, 5.74) is 3.37. The van der Waals surface area contributed by atoms with E-state index in [0.29, 0.717) is 23.1 Å². The standard InChI is InChI=1S/C23H22BrCl2NO2/c1-28-22-13-18(14-27-10-9-16-5-7-19(25)8-6-16)12-21(24)23(22)29-15-17-3-2-4-20(26)11-17/h2-8,11-13,27H,9-10,14-15H2,1H3. The maximum Gasteiger partial charge on any atom is 0.175 e. The molecule has 29 heavy (non-hydrogen) atoms. The van der Waals surface area contributed by atoms with Crippen molar-refractivity contribution < 1.29 is 9.47 Å². The van der Waals surface area contributed by atoms with Crippen molar-refractivity contribution in [1.82, 2.24) is 5.32 Å². The second-order valence-electron chi connectivity index (χ2n) is 6.58. The summed E-state index contributed by atoms with van der Waals surface area (Å²) in [6.07, 6.45) is 0.941. The van der Waals surface area contributed by atoms with Gasteiger partial charge in [-0.1, -0.05) is 47.5 Å². The van der Waals surface area contributed by atoms with E-state index in [-0.39, 0.29) is 0 Å². The fraction of sp³-hybridized carbons (Fsp3) is 0.217. The summed E-state index contributed by atoms with van der Waals surface area (Å²) in [6.45, 7) is 2.01. The van der Waals surface area contributed by atoms with Gasteiger partial charge >= 0.3 is 0 Å². The molecule has 1 N–H and O–H groups in total. The normalized spacial score (nSPS) is 10.8. The first-order valence-corrected chi connectivity index (χ1v) is 10.8. The summed E-state index contributed by atoms with van der Waals surface area (Å²) in [6, 6.07) is 19.6. The molecule has 0 atom stereocenters. The zero-order chi connectivity index (χ0) is 20.6. The summed E-state index contributed by atoms with van der Waals surface area (Å²) in [5, 5.41) is 4.91. The Morgan fingerprint density at radius 2 is 1.69 bits per heavy atom. The quantitative estimate of drug-likeness (QED) is 0.336. The Balaban J connectivity index is 1.57. The Kier molecular flexibility index (Phi) is 8.25. The smallest absolute Gasteiger partial charge is 0.175 e. The number of methoxy groups -OCH3 is 1. The molecule has 3 aromatic rings. The average molecular weight is 495 g/mol. The summed E-state index contributed by atoms with van der Waals surface area (Å²) < 4.78 is 12.4. The molecule has 0 fully saturated rings. The zero-order valence-electron chi connectivity index (χ0n) is 16.1. The highest BCUT2D eigenvalue weighted by Gasteiger charge is 2.12. The Bertz CT molecular complexity index is 948. The minimum atomic E-state index is 0.411. The molecule has 0 heterocycles. The molecule has 0 saturated carbocycles. The van der Waals surface area contributed by atoms with Crippen molar-refractivity contribution in [3.63, 3.8) is 0 Å². The van der Waals surface area contributed by atoms with Gasteiger partial charge in [0.25, 0.3) is 0 Å². The molecule has 152 valence electrons. The number of rotatable bonds is 9. The zero-order valence-corrected chi connectivity index (χ0v) is 19.2. The topological polar surface area (TPSA) is 30.5 Å². The van der Waals surface area contributed by atoms with Crippen LogP contribution in [0.4, 0.5) is 0 Å². The first-order valence-electron chi connectivity index (χ1n) is 9.24. The lowest BCUT2D eigenvalue weighted by Gasteiger charge is -2.15. The van der Waals surface area contributed by atoms with Crippen LogP contribution in [-0.4, -0.2) is 13.7 Å². The van der Waals surface area contributed by atoms with Gasteiger partial charge in [-0.25, -0.2) is 0 Å². The van der Waals surface area contributed by atoms with Gasteiger partial charge < -0.3 is 14.8 Å². The van der Waals surface area contributed by atoms with Crippen LogP contribution in [0.25, 0.3) is 0 Å². The van der Waals surface area contributed by atoms with Crippen molar-refractivity contribution in [2.75, 3.05) is 13.7 Å². The van der Waals surface area contributed by atoms with Gasteiger partial charge in [0.2, 0.25) is 0 Å². The molecule has 3 rings (SSSR count). The molecule has 3 aromatic carbocycles. The second-order valence-corrected chi connectivity index (χ2v) is 8.31. The highest BCUT2D eigenvalue weighted by Crippen LogP contribution is 2.37. The number of hydrogen-bond donors (Lipinski definition) is 1. The first kappa shape index (κ1) is 22.0. The molecule has 0 aliphatic carbocycles. The van der Waals surface area contributed by atoms with Crippen LogP contribution in [0.5, 0.6) is 11.5 Å². The van der Waals surface area contributed by atoms with Gasteiger partial charge in [-0.3, -0.25) is 0 Å². The van der Waals surface area contributed by atoms with E-state index in [2.05, 4.69) is 33.4 Å². The van der Waals surface area contributed by atoms with Crippen LogP contribution >= 0.6 is 39.1 Å². The Hall–Kier alpha value is -1.72. The van der Waals surface area contributed by atoms with E-state index in [0.717, 1.165) is 40.1 Å². The molecule has 0 unspecified atom stereocenters. The lowest BCUT2D eigenvalue weighted by atomic mass is 10.1. The molecule has 0 bridgehead atoms. The van der Waals surface area contributed by atoms with E-state index >= 15 is 0 Å². The predicted octanol–water partition coefficient (Wildman–Crippen LogP) is 6.68. The molecule has 6 heteroatoms. The largest absolute Gasteiger partial charge is 0.493 e. The summed E-state index contributed by atoms with van der Waals surface area (Å²) in [4.78, 5) is 0. The van der Waals surface area contributed by atoms with Gasteiger partial charge in [-0.05, 0) is 82.0 Å². The van der Waals surface area contributed by atoms with Gasteiger partial charge in [0.1, 0.15) is 6.61 Å². The average Bonchev–Trinajstić information content (AvgIpc) is 2.71. The van der Waals surface area contributed by atoms with Crippen molar-refractivity contribution in [2.45, 2.75) is 19.6 Å². The van der Waals surface area contributed by atoms with E-state index < -0.39 is 0 Å². The molecule has 0 amide bonds. The minimum Gasteiger partial charge on any atom is -0.493 e. The van der Waals surface area contributed by atoms with Crippen LogP contribution in [-0.2, 0) is 19.6 Å². The molecular weight excluding hydrogens is 473 g/mol. The molecular formula is C23H22BrCl2NO2. The lowest BCUT2D eigenvalue weighted by molar-refractivity contribution is 0.282. The predicted molar refractivity (Wildman–Crippen MR) is 123 cm³/mol. The molecule has 0 saturated heterocycles. The molecule has 0 radical (unpaired) electrons. The van der Waals surface area contributed by atoms with Crippen LogP contribution in [0.15, 0.2) is 65.1 Å². The van der Waals surface area contributed by atoms with E-state index in [4.69, 9.17) is 32.7 Å². The fourth-order valence-corrected chi connectivity index (χ4v) is 3.86. The number of benzene rings is 3. The highest BCUT2D eigenvalue weighted by atomic mass is 79.9. The summed E-state index contributed by atoms with van der Waals surface area (Å²) >= 11 is 15.6. The van der Waals surface area contributed by atoms with E-state index in [1.54, 1.807) is 7.11 Å². The Morgan fingerprint density at radius 1 is 0.897 bits per heavy atom. The van der Waals surface area contributed by atoms with Crippen molar-refractivity contribution in [3.05, 3.63) is 91.9 Å². The summed E-state index contributed by atoms with van der Waals surface area (Å²) in [5.74, 6) is 1.37. The minimum absolute atomic E-state index is 0.411. The lowest BCUT2D eigenvalue weighted by Crippen LogP contribution is -2.16. The number of hydrogen-bond acceptors (Lipinski definition) is 3. The number of nitrogens with one attached hydrogen (secondary N) is 1. The molecule has 0 aliphatic heterocycles. The highest BCUT2D eigenvalue weighted by molar-refractivity contribution is 9.10. The van der Waals surface area contributed by atoms with Gasteiger partial charge in [0.15, 0.2) is 11.5 Å². The number of ether oxygens (including phenoxy) is 2. The van der Waals surface area contributed by atoms with Crippen molar-refractivity contribution in [1.29, 1.82) is 0 Å². The van der Waals surface area contributed by atoms with Gasteiger partial charge in [0.05, 0.1) is 11.6 Å². The van der Waals surface area contributed by atoms with E-state index in [1.807, 2.05) is 48.5 Å². The van der Waals surface area contributed by atoms with Crippen molar-refractivity contribution in [2.24, 2.45) is 0 Å². The Morgan fingerprint density at radius 3 is 2.41 bits per heavy atom. The van der Waals surface area contributed by atoms with Crippen molar-refractivity contribution in [3.8, 4) is 11.5 Å². The van der Waals surface area contributed by atoms with E-state index in [1.165, 1.54) is 5.56 Å². The van der Waals surface area contributed by atoms with Crippen LogP contribution in [0.3, 0.4) is 0 Å². The van der Waals surface area contributed by atoms with Crippen LogP contribution < -0.4 is 14.8 Å². The van der Waals surface area contributed by atoms with Crippen molar-refractivity contribution >= 4 is 39.1 Å². The maximum absolute atomic E-state index is 6.04. The SMILES string of the molecule is COc1cc(CNCCc2ccc(Cl)cc2)cc(Br)c1OCc1cccc(Cl)c1. The van der Waals surface area contributed by atoms with Crippen LogP contribution in [0, 0.1) is 0 Å². The van der Waals surface area contributed by atoms with Crippen LogP contribution in [0.1, 0.15) is 16.7 Å². The third kappa shape index (κ3) is 6.65. The molecule has 3 nitrogen and oxygen atoms in total. The van der Waals surface area contributed by atoms with Gasteiger partial charge in [-0.2, -0.15) is 0 Å². The third-order valence-electron chi connectivity index (χ3n) is 4.39. The van der Waals surface area contributed by atoms with Crippen LogP contribution in [0.2, 0.25) is 10.0 Å². The summed E-state index contributed by atoms with van der Waals surface area (Å²) in [7, 11) is 1.64. The Labute approximate surface area is 190 Å². The second kappa shape index (κ2) is 10.9. The molecule has 0 aliphatic rings. The monoisotopic (exact) mass is 493 g/mol.